The van der Waals surface area contributed by atoms with Crippen molar-refractivity contribution in [3.63, 3.8) is 0 Å². The van der Waals surface area contributed by atoms with E-state index in [4.69, 9.17) is 9.84 Å². The average molecular weight is 255 g/mol. The molecule has 1 atom stereocenters. The molecule has 1 aliphatic rings. The first kappa shape index (κ1) is 12.5. The highest BCUT2D eigenvalue weighted by atomic mass is 32.1. The fourth-order valence-electron chi connectivity index (χ4n) is 2.02. The Hall–Kier alpha value is -0.910. The largest absolute Gasteiger partial charge is 0.481 e. The molecule has 0 spiro atoms. The number of morpholine rings is 1. The highest BCUT2D eigenvalue weighted by Gasteiger charge is 2.21. The van der Waals surface area contributed by atoms with Gasteiger partial charge in [-0.3, -0.25) is 9.69 Å². The highest BCUT2D eigenvalue weighted by molar-refractivity contribution is 7.07. The van der Waals surface area contributed by atoms with Crippen molar-refractivity contribution in [3.05, 3.63) is 22.4 Å². The van der Waals surface area contributed by atoms with Crippen LogP contribution in [0.4, 0.5) is 0 Å². The van der Waals surface area contributed by atoms with Crippen molar-refractivity contribution in [2.24, 2.45) is 0 Å². The normalized spacial score (nSPS) is 21.5. The Kier molecular flexibility index (Phi) is 4.53. The Morgan fingerprint density at radius 3 is 3.24 bits per heavy atom. The number of hydrogen-bond acceptors (Lipinski definition) is 4. The van der Waals surface area contributed by atoms with Crippen molar-refractivity contribution in [3.8, 4) is 0 Å². The number of carboxylic acid groups (broad SMARTS) is 1. The monoisotopic (exact) mass is 255 g/mol. The lowest BCUT2D eigenvalue weighted by Gasteiger charge is -2.32. The molecular weight excluding hydrogens is 238 g/mol. The number of aliphatic carboxylic acids is 1. The molecule has 1 fully saturated rings. The second kappa shape index (κ2) is 6.14. The minimum atomic E-state index is -0.715. The second-order valence-electron chi connectivity index (χ2n) is 4.21. The summed E-state index contributed by atoms with van der Waals surface area (Å²) in [7, 11) is 0. The number of thiophene rings is 1. The Bertz CT molecular complexity index is 353. The molecule has 94 valence electrons. The van der Waals surface area contributed by atoms with Crippen molar-refractivity contribution >= 4 is 17.3 Å². The fraction of sp³-hybridized carbons (Fsp3) is 0.583. The molecule has 17 heavy (non-hydrogen) atoms. The summed E-state index contributed by atoms with van der Waals surface area (Å²) in [6.45, 7) is 3.35. The maximum absolute atomic E-state index is 10.5. The van der Waals surface area contributed by atoms with E-state index in [1.807, 2.05) is 0 Å². The van der Waals surface area contributed by atoms with Crippen LogP contribution in [-0.4, -0.2) is 42.2 Å². The smallest absolute Gasteiger partial charge is 0.303 e. The molecule has 0 aromatic carbocycles. The maximum Gasteiger partial charge on any atom is 0.303 e. The maximum atomic E-state index is 10.5. The van der Waals surface area contributed by atoms with Crippen LogP contribution in [0.5, 0.6) is 0 Å². The van der Waals surface area contributed by atoms with E-state index in [0.29, 0.717) is 6.42 Å². The number of nitrogens with zero attached hydrogens (tertiary/aromatic N) is 1. The van der Waals surface area contributed by atoms with Gasteiger partial charge in [0.1, 0.15) is 0 Å². The molecule has 4 nitrogen and oxygen atoms in total. The topological polar surface area (TPSA) is 49.8 Å². The Labute approximate surface area is 105 Å². The first-order chi connectivity index (χ1) is 8.25. The molecule has 2 heterocycles. The second-order valence-corrected chi connectivity index (χ2v) is 4.99. The molecule has 1 saturated heterocycles. The molecule has 2 rings (SSSR count). The van der Waals surface area contributed by atoms with Gasteiger partial charge in [0, 0.05) is 19.5 Å². The summed E-state index contributed by atoms with van der Waals surface area (Å²) >= 11 is 1.68. The number of hydrogen-bond donors (Lipinski definition) is 1. The van der Waals surface area contributed by atoms with Crippen LogP contribution in [-0.2, 0) is 9.53 Å². The zero-order chi connectivity index (χ0) is 12.1. The molecule has 5 heteroatoms. The molecular formula is C12H17NO3S. The van der Waals surface area contributed by atoms with Crippen LogP contribution < -0.4 is 0 Å². The van der Waals surface area contributed by atoms with E-state index in [1.54, 1.807) is 11.3 Å². The van der Waals surface area contributed by atoms with Gasteiger partial charge >= 0.3 is 5.97 Å². The molecule has 1 aromatic heterocycles. The Morgan fingerprint density at radius 2 is 2.53 bits per heavy atom. The Balaban J connectivity index is 1.79. The summed E-state index contributed by atoms with van der Waals surface area (Å²) in [4.78, 5) is 12.7. The zero-order valence-electron chi connectivity index (χ0n) is 9.67. The lowest BCUT2D eigenvalue weighted by Crippen LogP contribution is -2.38. The molecule has 0 aliphatic carbocycles. The van der Waals surface area contributed by atoms with Crippen LogP contribution >= 0.6 is 11.3 Å². The third-order valence-electron chi connectivity index (χ3n) is 2.93. The van der Waals surface area contributed by atoms with Gasteiger partial charge in [-0.15, -0.1) is 0 Å². The molecule has 0 bridgehead atoms. The van der Waals surface area contributed by atoms with E-state index in [9.17, 15) is 4.79 Å². The molecule has 0 saturated carbocycles. The van der Waals surface area contributed by atoms with Crippen LogP contribution in [0.15, 0.2) is 16.8 Å². The van der Waals surface area contributed by atoms with Gasteiger partial charge in [0.2, 0.25) is 0 Å². The number of rotatable bonds is 5. The summed E-state index contributed by atoms with van der Waals surface area (Å²) in [5, 5.41) is 12.8. The predicted molar refractivity (Wildman–Crippen MR) is 66.3 cm³/mol. The van der Waals surface area contributed by atoms with E-state index in [0.717, 1.165) is 26.2 Å². The van der Waals surface area contributed by atoms with Crippen molar-refractivity contribution in [1.29, 1.82) is 0 Å². The van der Waals surface area contributed by atoms with Gasteiger partial charge in [-0.1, -0.05) is 0 Å². The van der Waals surface area contributed by atoms with E-state index in [1.165, 1.54) is 5.56 Å². The van der Waals surface area contributed by atoms with Crippen LogP contribution in [0, 0.1) is 0 Å². The predicted octanol–water partition coefficient (Wildman–Crippen LogP) is 1.99. The van der Waals surface area contributed by atoms with Crippen LogP contribution in [0.3, 0.4) is 0 Å². The standard InChI is InChI=1S/C12H17NO3S/c14-12(15)2-1-4-13-5-6-16-11(8-13)10-3-7-17-9-10/h3,7,9,11H,1-2,4-6,8H2,(H,14,15). The quantitative estimate of drug-likeness (QED) is 0.874. The van der Waals surface area contributed by atoms with Crippen molar-refractivity contribution in [2.45, 2.75) is 18.9 Å². The van der Waals surface area contributed by atoms with Gasteiger partial charge in [-0.2, -0.15) is 11.3 Å². The molecule has 0 amide bonds. The van der Waals surface area contributed by atoms with E-state index in [2.05, 4.69) is 21.7 Å². The number of ether oxygens (including phenoxy) is 1. The molecule has 1 unspecified atom stereocenters. The lowest BCUT2D eigenvalue weighted by atomic mass is 10.1. The first-order valence-corrected chi connectivity index (χ1v) is 6.78. The molecule has 1 aromatic rings. The van der Waals surface area contributed by atoms with Crippen LogP contribution in [0.2, 0.25) is 0 Å². The molecule has 1 aliphatic heterocycles. The third kappa shape index (κ3) is 3.80. The van der Waals surface area contributed by atoms with Crippen molar-refractivity contribution in [2.75, 3.05) is 26.2 Å². The first-order valence-electron chi connectivity index (χ1n) is 5.83. The van der Waals surface area contributed by atoms with E-state index >= 15 is 0 Å². The number of carbonyl (C=O) groups is 1. The van der Waals surface area contributed by atoms with Crippen LogP contribution in [0.1, 0.15) is 24.5 Å². The zero-order valence-corrected chi connectivity index (χ0v) is 10.5. The summed E-state index contributed by atoms with van der Waals surface area (Å²) < 4.78 is 5.73. The average Bonchev–Trinajstić information content (AvgIpc) is 2.82. The van der Waals surface area contributed by atoms with E-state index < -0.39 is 5.97 Å². The molecule has 1 N–H and O–H groups in total. The van der Waals surface area contributed by atoms with Gasteiger partial charge in [0.05, 0.1) is 12.7 Å². The summed E-state index contributed by atoms with van der Waals surface area (Å²) in [5.41, 5.74) is 1.23. The lowest BCUT2D eigenvalue weighted by molar-refractivity contribution is -0.137. The van der Waals surface area contributed by atoms with Gasteiger partial charge in [-0.25, -0.2) is 0 Å². The molecule has 0 radical (unpaired) electrons. The summed E-state index contributed by atoms with van der Waals surface area (Å²) in [6, 6.07) is 2.09. The minimum Gasteiger partial charge on any atom is -0.481 e. The highest BCUT2D eigenvalue weighted by Crippen LogP contribution is 2.24. The van der Waals surface area contributed by atoms with Crippen LogP contribution in [0.25, 0.3) is 0 Å². The van der Waals surface area contributed by atoms with Gasteiger partial charge in [-0.05, 0) is 35.4 Å². The van der Waals surface area contributed by atoms with Gasteiger partial charge in [0.15, 0.2) is 0 Å². The van der Waals surface area contributed by atoms with Gasteiger partial charge < -0.3 is 9.84 Å². The summed E-state index contributed by atoms with van der Waals surface area (Å²) in [5.74, 6) is -0.715. The van der Waals surface area contributed by atoms with Gasteiger partial charge in [0.25, 0.3) is 0 Å². The third-order valence-corrected chi connectivity index (χ3v) is 3.63. The van der Waals surface area contributed by atoms with Crippen molar-refractivity contribution in [1.82, 2.24) is 4.90 Å². The Morgan fingerprint density at radius 1 is 1.65 bits per heavy atom. The van der Waals surface area contributed by atoms with Crippen molar-refractivity contribution < 1.29 is 14.6 Å². The SMILES string of the molecule is O=C(O)CCCN1CCOC(c2ccsc2)C1. The van der Waals surface area contributed by atoms with E-state index in [-0.39, 0.29) is 12.5 Å². The summed E-state index contributed by atoms with van der Waals surface area (Å²) in [6.07, 6.45) is 1.12. The fourth-order valence-corrected chi connectivity index (χ4v) is 2.72. The number of carboxylic acids is 1. The minimum absolute atomic E-state index is 0.153.